The van der Waals surface area contributed by atoms with Crippen LogP contribution in [0.4, 0.5) is 4.39 Å². The van der Waals surface area contributed by atoms with Crippen LogP contribution in [0.2, 0.25) is 0 Å². The molecule has 2 aromatic carbocycles. The molecular weight excluding hydrogens is 395 g/mol. The molecule has 0 aromatic heterocycles. The van der Waals surface area contributed by atoms with E-state index in [0.717, 1.165) is 39.3 Å². The summed E-state index contributed by atoms with van der Waals surface area (Å²) in [5.41, 5.74) is 0. The highest BCUT2D eigenvalue weighted by Gasteiger charge is 2.17. The van der Waals surface area contributed by atoms with Crippen molar-refractivity contribution in [3.05, 3.63) is 54.3 Å². The average molecular weight is 423 g/mol. The first-order valence-corrected chi connectivity index (χ1v) is 11.6. The lowest BCUT2D eigenvalue weighted by Gasteiger charge is -2.34. The van der Waals surface area contributed by atoms with E-state index in [1.54, 1.807) is 42.5 Å². The molecule has 3 rings (SSSR count). The van der Waals surface area contributed by atoms with E-state index in [1.165, 1.54) is 12.3 Å². The van der Waals surface area contributed by atoms with Crippen LogP contribution in [0.5, 0.6) is 11.5 Å². The van der Waals surface area contributed by atoms with Gasteiger partial charge in [0.05, 0.1) is 4.90 Å². The van der Waals surface area contributed by atoms with Crippen LogP contribution in [0.3, 0.4) is 0 Å². The lowest BCUT2D eigenvalue weighted by atomic mass is 10.3. The molecule has 6 nitrogen and oxygen atoms in total. The van der Waals surface area contributed by atoms with Gasteiger partial charge in [0, 0.05) is 45.5 Å². The maximum absolute atomic E-state index is 13.5. The molecular formula is C21H27FN2O4S. The van der Waals surface area contributed by atoms with Crippen LogP contribution >= 0.6 is 0 Å². The van der Waals surface area contributed by atoms with Crippen molar-refractivity contribution < 1.29 is 22.3 Å². The fourth-order valence-corrected chi connectivity index (χ4v) is 3.83. The summed E-state index contributed by atoms with van der Waals surface area (Å²) < 4.78 is 48.0. The van der Waals surface area contributed by atoms with Gasteiger partial charge >= 0.3 is 0 Å². The van der Waals surface area contributed by atoms with E-state index in [0.29, 0.717) is 24.7 Å². The van der Waals surface area contributed by atoms with Gasteiger partial charge in [-0.05, 0) is 30.3 Å². The normalized spacial score (nSPS) is 15.9. The summed E-state index contributed by atoms with van der Waals surface area (Å²) >= 11 is 0. The molecule has 1 heterocycles. The summed E-state index contributed by atoms with van der Waals surface area (Å²) in [6, 6.07) is 13.0. The number of para-hydroxylation sites is 1. The van der Waals surface area contributed by atoms with Crippen molar-refractivity contribution in [2.24, 2.45) is 0 Å². The van der Waals surface area contributed by atoms with Gasteiger partial charge in [-0.3, -0.25) is 9.80 Å². The number of halogens is 1. The van der Waals surface area contributed by atoms with Crippen LogP contribution < -0.4 is 9.47 Å². The quantitative estimate of drug-likeness (QED) is 0.618. The highest BCUT2D eigenvalue weighted by Crippen LogP contribution is 2.17. The van der Waals surface area contributed by atoms with Gasteiger partial charge in [-0.2, -0.15) is 0 Å². The minimum absolute atomic E-state index is 0.265. The molecule has 0 amide bonds. The van der Waals surface area contributed by atoms with E-state index in [2.05, 4.69) is 9.80 Å². The molecule has 0 atom stereocenters. The zero-order valence-electron chi connectivity index (χ0n) is 16.6. The molecule has 158 valence electrons. The number of piperazine rings is 1. The Morgan fingerprint density at radius 3 is 2.14 bits per heavy atom. The van der Waals surface area contributed by atoms with Crippen LogP contribution in [0.1, 0.15) is 0 Å². The zero-order valence-corrected chi connectivity index (χ0v) is 17.4. The van der Waals surface area contributed by atoms with Crippen LogP contribution in [0.25, 0.3) is 0 Å². The third kappa shape index (κ3) is 6.69. The van der Waals surface area contributed by atoms with Gasteiger partial charge in [0.15, 0.2) is 21.4 Å². The molecule has 1 aliphatic rings. The molecule has 0 aliphatic carbocycles. The monoisotopic (exact) mass is 422 g/mol. The Labute approximate surface area is 171 Å². The van der Waals surface area contributed by atoms with Crippen molar-refractivity contribution >= 4 is 9.84 Å². The number of benzene rings is 2. The van der Waals surface area contributed by atoms with Crippen LogP contribution in [0, 0.1) is 5.82 Å². The average Bonchev–Trinajstić information content (AvgIpc) is 2.70. The van der Waals surface area contributed by atoms with Crippen molar-refractivity contribution in [1.82, 2.24) is 9.80 Å². The molecule has 0 bridgehead atoms. The Hall–Kier alpha value is -2.16. The minimum atomic E-state index is -3.23. The number of hydrogen-bond donors (Lipinski definition) is 0. The zero-order chi connectivity index (χ0) is 20.7. The lowest BCUT2D eigenvalue weighted by Crippen LogP contribution is -2.48. The van der Waals surface area contributed by atoms with Gasteiger partial charge in [0.25, 0.3) is 0 Å². The Kier molecular flexibility index (Phi) is 7.46. The molecule has 1 fully saturated rings. The van der Waals surface area contributed by atoms with E-state index < -0.39 is 9.84 Å². The van der Waals surface area contributed by atoms with Gasteiger partial charge in [-0.15, -0.1) is 0 Å². The van der Waals surface area contributed by atoms with Gasteiger partial charge < -0.3 is 9.47 Å². The maximum atomic E-state index is 13.5. The fraction of sp³-hybridized carbons (Fsp3) is 0.429. The van der Waals surface area contributed by atoms with Crippen molar-refractivity contribution in [3.8, 4) is 11.5 Å². The largest absolute Gasteiger partial charge is 0.492 e. The first kappa shape index (κ1) is 21.5. The van der Waals surface area contributed by atoms with E-state index >= 15 is 0 Å². The smallest absolute Gasteiger partial charge is 0.175 e. The highest BCUT2D eigenvalue weighted by atomic mass is 32.2. The van der Waals surface area contributed by atoms with Crippen LogP contribution in [-0.4, -0.2) is 77.0 Å². The molecule has 29 heavy (non-hydrogen) atoms. The Balaban J connectivity index is 1.33. The summed E-state index contributed by atoms with van der Waals surface area (Å²) in [5, 5.41) is 0. The van der Waals surface area contributed by atoms with E-state index in [9.17, 15) is 12.8 Å². The summed E-state index contributed by atoms with van der Waals surface area (Å²) in [5.74, 6) is 0.527. The Bertz CT molecular complexity index is 899. The third-order valence-corrected chi connectivity index (χ3v) is 5.99. The van der Waals surface area contributed by atoms with Gasteiger partial charge in [0.2, 0.25) is 0 Å². The topological polar surface area (TPSA) is 59.1 Å². The number of ether oxygens (including phenoxy) is 2. The number of rotatable bonds is 9. The van der Waals surface area contributed by atoms with Crippen molar-refractivity contribution in [1.29, 1.82) is 0 Å². The molecule has 0 spiro atoms. The fourth-order valence-electron chi connectivity index (χ4n) is 3.17. The second kappa shape index (κ2) is 10.0. The SMILES string of the molecule is CS(=O)(=O)c1cccc(OCCN2CCN(CCOc3ccccc3F)CC2)c1. The number of hydrogen-bond acceptors (Lipinski definition) is 6. The molecule has 0 unspecified atom stereocenters. The summed E-state index contributed by atoms with van der Waals surface area (Å²) in [6.45, 7) is 6.19. The van der Waals surface area contributed by atoms with Crippen LogP contribution in [0.15, 0.2) is 53.4 Å². The first-order chi connectivity index (χ1) is 13.9. The molecule has 1 aliphatic heterocycles. The molecule has 0 radical (unpaired) electrons. The van der Waals surface area contributed by atoms with Crippen LogP contribution in [-0.2, 0) is 9.84 Å². The Morgan fingerprint density at radius 1 is 0.897 bits per heavy atom. The predicted octanol–water partition coefficient (Wildman–Crippen LogP) is 2.30. The molecule has 1 saturated heterocycles. The first-order valence-electron chi connectivity index (χ1n) is 9.67. The van der Waals surface area contributed by atoms with Gasteiger partial charge in [-0.1, -0.05) is 18.2 Å². The van der Waals surface area contributed by atoms with Crippen molar-refractivity contribution in [2.45, 2.75) is 4.90 Å². The van der Waals surface area contributed by atoms with Crippen molar-refractivity contribution in [3.63, 3.8) is 0 Å². The standard InChI is InChI=1S/C21H27FN2O4S/c1-29(25,26)19-6-4-5-18(17-19)27-15-13-23-9-11-24(12-10-23)14-16-28-21-8-3-2-7-20(21)22/h2-8,17H,9-16H2,1H3. The predicted molar refractivity (Wildman–Crippen MR) is 110 cm³/mol. The number of nitrogens with zero attached hydrogens (tertiary/aromatic N) is 2. The summed E-state index contributed by atoms with van der Waals surface area (Å²) in [4.78, 5) is 4.88. The highest BCUT2D eigenvalue weighted by molar-refractivity contribution is 7.90. The summed E-state index contributed by atoms with van der Waals surface area (Å²) in [6.07, 6.45) is 1.19. The third-order valence-electron chi connectivity index (χ3n) is 4.88. The van der Waals surface area contributed by atoms with E-state index in [4.69, 9.17) is 9.47 Å². The molecule has 2 aromatic rings. The van der Waals surface area contributed by atoms with Gasteiger partial charge in [0.1, 0.15) is 19.0 Å². The van der Waals surface area contributed by atoms with Crippen molar-refractivity contribution in [2.75, 3.05) is 58.7 Å². The lowest BCUT2D eigenvalue weighted by molar-refractivity contribution is 0.104. The number of sulfone groups is 1. The van der Waals surface area contributed by atoms with E-state index in [-0.39, 0.29) is 10.7 Å². The minimum Gasteiger partial charge on any atom is -0.492 e. The second-order valence-corrected chi connectivity index (χ2v) is 9.07. The molecule has 0 saturated carbocycles. The molecule has 8 heteroatoms. The Morgan fingerprint density at radius 2 is 1.52 bits per heavy atom. The van der Waals surface area contributed by atoms with Gasteiger partial charge in [-0.25, -0.2) is 12.8 Å². The van der Waals surface area contributed by atoms with E-state index in [1.807, 2.05) is 0 Å². The summed E-state index contributed by atoms with van der Waals surface area (Å²) in [7, 11) is -3.23. The second-order valence-electron chi connectivity index (χ2n) is 7.06. The maximum Gasteiger partial charge on any atom is 0.175 e. The molecule has 0 N–H and O–H groups in total.